The van der Waals surface area contributed by atoms with Crippen molar-refractivity contribution in [2.45, 2.75) is 20.8 Å². The number of hydrogen-bond donors (Lipinski definition) is 0. The fourth-order valence-electron chi connectivity index (χ4n) is 2.83. The second kappa shape index (κ2) is 12.0. The molecule has 0 aliphatic carbocycles. The van der Waals surface area contributed by atoms with Crippen LogP contribution in [0.2, 0.25) is 0 Å². The minimum atomic E-state index is -3.97. The van der Waals surface area contributed by atoms with Crippen molar-refractivity contribution in [3.05, 3.63) is 120 Å². The van der Waals surface area contributed by atoms with Crippen molar-refractivity contribution in [2.24, 2.45) is 0 Å². The van der Waals surface area contributed by atoms with Crippen molar-refractivity contribution in [3.8, 4) is 17.2 Å². The zero-order chi connectivity index (χ0) is 23.7. The standard InChI is InChI=1S/C21H21O4P.C6H5.Sn/c1-16-10-4-7-13-19(16)23-26(22,24-20-14-8-5-11-17(20)2)25-21-15-9-6-12-18(21)3;1-2-4-6-5-3-1;/h4-15H,1-3H3;1-5H;. The monoisotopic (exact) mass is 565 g/mol. The van der Waals surface area contributed by atoms with Crippen molar-refractivity contribution in [2.75, 3.05) is 0 Å². The van der Waals surface area contributed by atoms with Gasteiger partial charge in [0.2, 0.25) is 0 Å². The third-order valence-electron chi connectivity index (χ3n) is 4.69. The SMILES string of the molecule is Cc1ccccc1OP(=O)(Oc1ccccc1C)Oc1ccccc1C.[Sn][c]1ccccc1. The first-order chi connectivity index (χ1) is 15.9. The summed E-state index contributed by atoms with van der Waals surface area (Å²) in [4.78, 5) is 0. The van der Waals surface area contributed by atoms with Crippen LogP contribution < -0.4 is 17.2 Å². The van der Waals surface area contributed by atoms with Gasteiger partial charge in [0.15, 0.2) is 0 Å². The van der Waals surface area contributed by atoms with Gasteiger partial charge in [0, 0.05) is 0 Å². The molecule has 4 rings (SSSR count). The predicted octanol–water partition coefficient (Wildman–Crippen LogP) is 6.74. The van der Waals surface area contributed by atoms with E-state index in [1.807, 2.05) is 81.4 Å². The molecule has 0 N–H and O–H groups in total. The van der Waals surface area contributed by atoms with Gasteiger partial charge in [-0.3, -0.25) is 0 Å². The minimum absolute atomic E-state index is 0.456. The molecule has 167 valence electrons. The Morgan fingerprint density at radius 3 is 1.09 bits per heavy atom. The molecule has 33 heavy (non-hydrogen) atoms. The third-order valence-corrected chi connectivity index (χ3v) is 6.90. The van der Waals surface area contributed by atoms with Crippen molar-refractivity contribution in [1.29, 1.82) is 0 Å². The van der Waals surface area contributed by atoms with E-state index in [2.05, 4.69) is 24.3 Å². The number of phosphoric acid groups is 1. The van der Waals surface area contributed by atoms with Gasteiger partial charge in [0.1, 0.15) is 17.2 Å². The molecule has 0 heterocycles. The Bertz CT molecular complexity index is 1110. The topological polar surface area (TPSA) is 44.8 Å². The van der Waals surface area contributed by atoms with Gasteiger partial charge in [-0.1, -0.05) is 54.6 Å². The molecule has 0 saturated heterocycles. The van der Waals surface area contributed by atoms with Crippen LogP contribution in [0, 0.1) is 20.8 Å². The second-order valence-electron chi connectivity index (χ2n) is 7.38. The van der Waals surface area contributed by atoms with Gasteiger partial charge in [-0.2, -0.15) is 4.57 Å². The third kappa shape index (κ3) is 7.69. The Hall–Kier alpha value is -2.69. The van der Waals surface area contributed by atoms with E-state index >= 15 is 0 Å². The van der Waals surface area contributed by atoms with Crippen LogP contribution in [0.3, 0.4) is 0 Å². The van der Waals surface area contributed by atoms with Crippen molar-refractivity contribution < 1.29 is 18.1 Å². The Morgan fingerprint density at radius 1 is 0.515 bits per heavy atom. The van der Waals surface area contributed by atoms with Crippen LogP contribution in [0.25, 0.3) is 0 Å². The molecule has 0 fully saturated rings. The number of hydrogen-bond acceptors (Lipinski definition) is 4. The summed E-state index contributed by atoms with van der Waals surface area (Å²) >= 11 is 1.49. The van der Waals surface area contributed by atoms with Crippen LogP contribution in [0.1, 0.15) is 16.7 Å². The Labute approximate surface area is 209 Å². The molecular formula is C27H26O4PSn. The normalized spacial score (nSPS) is 10.5. The summed E-state index contributed by atoms with van der Waals surface area (Å²) in [6.07, 6.45) is 0. The molecule has 4 nitrogen and oxygen atoms in total. The van der Waals surface area contributed by atoms with Crippen molar-refractivity contribution in [1.82, 2.24) is 0 Å². The number of para-hydroxylation sites is 3. The van der Waals surface area contributed by atoms with Gasteiger partial charge in [0.05, 0.1) is 0 Å². The Balaban J connectivity index is 0.000000374. The molecule has 0 spiro atoms. The molecule has 0 bridgehead atoms. The zero-order valence-corrected chi connectivity index (χ0v) is 22.6. The fraction of sp³-hybridized carbons (Fsp3) is 0.111. The average molecular weight is 564 g/mol. The van der Waals surface area contributed by atoms with Crippen LogP contribution >= 0.6 is 7.82 Å². The molecule has 0 atom stereocenters. The summed E-state index contributed by atoms with van der Waals surface area (Å²) in [7, 11) is -3.97. The first-order valence-electron chi connectivity index (χ1n) is 10.5. The fourth-order valence-corrected chi connectivity index (χ4v) is 4.83. The molecule has 3 radical (unpaired) electrons. The first-order valence-corrected chi connectivity index (χ1v) is 13.4. The number of benzene rings is 4. The van der Waals surface area contributed by atoms with Gasteiger partial charge in [-0.15, -0.1) is 0 Å². The molecule has 0 amide bonds. The number of aryl methyl sites for hydroxylation is 3. The van der Waals surface area contributed by atoms with Gasteiger partial charge < -0.3 is 13.6 Å². The summed E-state index contributed by atoms with van der Waals surface area (Å²) in [5.41, 5.74) is 2.53. The van der Waals surface area contributed by atoms with Gasteiger partial charge in [-0.05, 0) is 55.7 Å². The molecule has 4 aromatic rings. The van der Waals surface area contributed by atoms with Crippen molar-refractivity contribution >= 4 is 33.9 Å². The van der Waals surface area contributed by atoms with E-state index in [1.165, 1.54) is 26.1 Å². The molecule has 0 unspecified atom stereocenters. The van der Waals surface area contributed by atoms with E-state index in [-0.39, 0.29) is 0 Å². The molecule has 0 aromatic heterocycles. The number of rotatable bonds is 6. The molecular weight excluding hydrogens is 538 g/mol. The maximum absolute atomic E-state index is 13.5. The van der Waals surface area contributed by atoms with E-state index in [0.717, 1.165) is 16.7 Å². The molecule has 0 aliphatic rings. The quantitative estimate of drug-likeness (QED) is 0.192. The summed E-state index contributed by atoms with van der Waals surface area (Å²) in [6.45, 7) is 5.63. The van der Waals surface area contributed by atoms with Crippen LogP contribution in [-0.4, -0.2) is 22.5 Å². The van der Waals surface area contributed by atoms with Gasteiger partial charge >= 0.3 is 64.3 Å². The Morgan fingerprint density at radius 2 is 0.818 bits per heavy atom. The van der Waals surface area contributed by atoms with Crippen LogP contribution in [0.5, 0.6) is 17.2 Å². The van der Waals surface area contributed by atoms with E-state index in [1.54, 1.807) is 18.2 Å². The number of phosphoric ester groups is 1. The van der Waals surface area contributed by atoms with E-state index in [4.69, 9.17) is 13.6 Å². The van der Waals surface area contributed by atoms with Crippen molar-refractivity contribution in [3.63, 3.8) is 0 Å². The molecule has 0 saturated carbocycles. The van der Waals surface area contributed by atoms with E-state index < -0.39 is 7.82 Å². The van der Waals surface area contributed by atoms with E-state index in [9.17, 15) is 4.57 Å². The molecule has 0 aliphatic heterocycles. The summed E-state index contributed by atoms with van der Waals surface area (Å²) in [5.74, 6) is 1.37. The summed E-state index contributed by atoms with van der Waals surface area (Å²) in [6, 6.07) is 32.4. The first kappa shape index (κ1) is 24.9. The zero-order valence-electron chi connectivity index (χ0n) is 18.9. The Kier molecular flexibility index (Phi) is 9.04. The van der Waals surface area contributed by atoms with Gasteiger partial charge in [0.25, 0.3) is 0 Å². The van der Waals surface area contributed by atoms with Gasteiger partial charge in [-0.25, -0.2) is 0 Å². The maximum atomic E-state index is 13.5. The van der Waals surface area contributed by atoms with Crippen LogP contribution in [0.4, 0.5) is 0 Å². The second-order valence-corrected chi connectivity index (χ2v) is 10.5. The average Bonchev–Trinajstić information content (AvgIpc) is 2.80. The van der Waals surface area contributed by atoms with E-state index in [0.29, 0.717) is 17.2 Å². The molecule has 4 aromatic carbocycles. The predicted molar refractivity (Wildman–Crippen MR) is 135 cm³/mol. The van der Waals surface area contributed by atoms with Crippen LogP contribution in [-0.2, 0) is 4.57 Å². The summed E-state index contributed by atoms with van der Waals surface area (Å²) in [5, 5.41) is 0. The van der Waals surface area contributed by atoms with Crippen LogP contribution in [0.15, 0.2) is 103 Å². The molecule has 6 heteroatoms. The summed E-state index contributed by atoms with van der Waals surface area (Å²) < 4.78 is 32.2.